The number of halogens is 3. The molecule has 20 heavy (non-hydrogen) atoms. The van der Waals surface area contributed by atoms with Crippen molar-refractivity contribution in [2.75, 3.05) is 7.11 Å². The van der Waals surface area contributed by atoms with Crippen LogP contribution in [0.1, 0.15) is 11.1 Å². The molecule has 0 saturated carbocycles. The van der Waals surface area contributed by atoms with Crippen LogP contribution in [0.5, 0.6) is 0 Å². The Morgan fingerprint density at radius 2 is 1.80 bits per heavy atom. The van der Waals surface area contributed by atoms with Crippen LogP contribution in [0, 0.1) is 0 Å². The zero-order valence-corrected chi connectivity index (χ0v) is 10.7. The van der Waals surface area contributed by atoms with E-state index in [1.54, 1.807) is 30.3 Å². The number of hydrogen-bond donors (Lipinski definition) is 0. The van der Waals surface area contributed by atoms with E-state index in [4.69, 9.17) is 0 Å². The van der Waals surface area contributed by atoms with Crippen LogP contribution in [0.25, 0.3) is 11.1 Å². The van der Waals surface area contributed by atoms with Gasteiger partial charge in [-0.3, -0.25) is 0 Å². The van der Waals surface area contributed by atoms with E-state index < -0.39 is 11.7 Å². The molecule has 2 aromatic rings. The summed E-state index contributed by atoms with van der Waals surface area (Å²) in [7, 11) is 1.41. The summed E-state index contributed by atoms with van der Waals surface area (Å²) in [5, 5.41) is 3.65. The van der Waals surface area contributed by atoms with Crippen LogP contribution in [0.15, 0.2) is 53.7 Å². The number of alkyl halides is 3. The molecule has 0 spiro atoms. The highest BCUT2D eigenvalue weighted by Crippen LogP contribution is 2.32. The first kappa shape index (κ1) is 14.1. The Balaban J connectivity index is 2.49. The van der Waals surface area contributed by atoms with E-state index in [0.717, 1.165) is 12.1 Å². The van der Waals surface area contributed by atoms with E-state index in [9.17, 15) is 13.2 Å². The first-order chi connectivity index (χ1) is 9.52. The van der Waals surface area contributed by atoms with Gasteiger partial charge in [-0.1, -0.05) is 41.6 Å². The summed E-state index contributed by atoms with van der Waals surface area (Å²) in [6.07, 6.45) is -2.89. The maximum absolute atomic E-state index is 12.7. The molecule has 0 heterocycles. The lowest BCUT2D eigenvalue weighted by Gasteiger charge is -2.10. The predicted octanol–water partition coefficient (Wildman–Crippen LogP) is 4.35. The van der Waals surface area contributed by atoms with Crippen molar-refractivity contribution in [3.8, 4) is 11.1 Å². The Bertz CT molecular complexity index is 621. The van der Waals surface area contributed by atoms with Gasteiger partial charge in [0.15, 0.2) is 0 Å². The normalized spacial score (nSPS) is 11.8. The summed E-state index contributed by atoms with van der Waals surface area (Å²) in [5.41, 5.74) is 1.17. The molecule has 0 fully saturated rings. The summed E-state index contributed by atoms with van der Waals surface area (Å²) < 4.78 is 38.2. The molecule has 2 rings (SSSR count). The number of oxime groups is 1. The molecule has 0 aliphatic carbocycles. The Morgan fingerprint density at radius 1 is 1.05 bits per heavy atom. The maximum atomic E-state index is 12.7. The number of benzene rings is 2. The van der Waals surface area contributed by atoms with Crippen molar-refractivity contribution < 1.29 is 18.0 Å². The lowest BCUT2D eigenvalue weighted by atomic mass is 9.98. The van der Waals surface area contributed by atoms with Crippen molar-refractivity contribution in [2.45, 2.75) is 6.18 Å². The fourth-order valence-corrected chi connectivity index (χ4v) is 1.85. The topological polar surface area (TPSA) is 21.6 Å². The van der Waals surface area contributed by atoms with Gasteiger partial charge in [0, 0.05) is 5.56 Å². The average Bonchev–Trinajstić information content (AvgIpc) is 2.45. The van der Waals surface area contributed by atoms with Gasteiger partial charge in [-0.2, -0.15) is 13.2 Å². The van der Waals surface area contributed by atoms with Crippen molar-refractivity contribution in [1.29, 1.82) is 0 Å². The summed E-state index contributed by atoms with van der Waals surface area (Å²) in [4.78, 5) is 4.60. The van der Waals surface area contributed by atoms with E-state index in [1.165, 1.54) is 19.4 Å². The second-order valence-corrected chi connectivity index (χ2v) is 4.08. The van der Waals surface area contributed by atoms with Crippen molar-refractivity contribution in [3.05, 3.63) is 59.7 Å². The summed E-state index contributed by atoms with van der Waals surface area (Å²) in [5.74, 6) is 0. The molecule has 0 bridgehead atoms. The lowest BCUT2D eigenvalue weighted by Crippen LogP contribution is -2.04. The quantitative estimate of drug-likeness (QED) is 0.604. The zero-order chi connectivity index (χ0) is 14.6. The molecule has 0 aliphatic rings. The third-order valence-electron chi connectivity index (χ3n) is 2.76. The molecule has 5 heteroatoms. The molecule has 0 N–H and O–H groups in total. The van der Waals surface area contributed by atoms with Gasteiger partial charge in [0.1, 0.15) is 7.11 Å². The number of rotatable bonds is 3. The minimum absolute atomic E-state index is 0.484. The maximum Gasteiger partial charge on any atom is 0.416 e. The van der Waals surface area contributed by atoms with Crippen molar-refractivity contribution >= 4 is 6.21 Å². The molecule has 0 saturated heterocycles. The van der Waals surface area contributed by atoms with Gasteiger partial charge in [0.2, 0.25) is 0 Å². The number of nitrogens with zero attached hydrogens (tertiary/aromatic N) is 1. The van der Waals surface area contributed by atoms with Crippen LogP contribution in [-0.2, 0) is 11.0 Å². The molecular weight excluding hydrogens is 267 g/mol. The minimum Gasteiger partial charge on any atom is -0.399 e. The van der Waals surface area contributed by atoms with Gasteiger partial charge in [-0.25, -0.2) is 0 Å². The molecule has 0 atom stereocenters. The van der Waals surface area contributed by atoms with E-state index in [-0.39, 0.29) is 0 Å². The van der Waals surface area contributed by atoms with E-state index in [2.05, 4.69) is 9.99 Å². The van der Waals surface area contributed by atoms with Crippen molar-refractivity contribution in [1.82, 2.24) is 0 Å². The van der Waals surface area contributed by atoms with Gasteiger partial charge >= 0.3 is 6.18 Å². The number of hydrogen-bond acceptors (Lipinski definition) is 2. The Labute approximate surface area is 114 Å². The van der Waals surface area contributed by atoms with Gasteiger partial charge in [0.25, 0.3) is 0 Å². The third kappa shape index (κ3) is 3.17. The Hall–Kier alpha value is -2.30. The minimum atomic E-state index is -4.36. The highest BCUT2D eigenvalue weighted by atomic mass is 19.4. The molecule has 0 unspecified atom stereocenters. The van der Waals surface area contributed by atoms with Crippen LogP contribution < -0.4 is 0 Å². The highest BCUT2D eigenvalue weighted by Gasteiger charge is 2.30. The summed E-state index contributed by atoms with van der Waals surface area (Å²) >= 11 is 0. The molecule has 104 valence electrons. The average molecular weight is 279 g/mol. The van der Waals surface area contributed by atoms with Crippen molar-refractivity contribution in [2.24, 2.45) is 5.16 Å². The fourth-order valence-electron chi connectivity index (χ4n) is 1.85. The molecule has 0 aliphatic heterocycles. The van der Waals surface area contributed by atoms with Gasteiger partial charge in [0.05, 0.1) is 11.8 Å². The second kappa shape index (κ2) is 5.77. The summed E-state index contributed by atoms with van der Waals surface area (Å²) in [6, 6.07) is 12.3. The largest absolute Gasteiger partial charge is 0.416 e. The van der Waals surface area contributed by atoms with Crippen LogP contribution >= 0.6 is 0 Å². The van der Waals surface area contributed by atoms with Gasteiger partial charge in [-0.05, 0) is 23.3 Å². The van der Waals surface area contributed by atoms with Crippen LogP contribution in [0.4, 0.5) is 13.2 Å². The molecule has 2 nitrogen and oxygen atoms in total. The standard InChI is InChI=1S/C15H12F3NO/c1-20-19-10-12-5-2-3-8-14(12)11-6-4-7-13(9-11)15(16,17)18/h2-10H,1H3/b19-10+. The predicted molar refractivity (Wildman–Crippen MR) is 71.5 cm³/mol. The first-order valence-corrected chi connectivity index (χ1v) is 5.85. The highest BCUT2D eigenvalue weighted by molar-refractivity contribution is 5.90. The zero-order valence-electron chi connectivity index (χ0n) is 10.7. The van der Waals surface area contributed by atoms with Crippen LogP contribution in [0.2, 0.25) is 0 Å². The lowest BCUT2D eigenvalue weighted by molar-refractivity contribution is -0.137. The first-order valence-electron chi connectivity index (χ1n) is 5.85. The Kier molecular flexibility index (Phi) is 4.08. The van der Waals surface area contributed by atoms with Crippen LogP contribution in [-0.4, -0.2) is 13.3 Å². The molecule has 0 amide bonds. The van der Waals surface area contributed by atoms with E-state index in [0.29, 0.717) is 16.7 Å². The SMILES string of the molecule is CO/N=C/c1ccccc1-c1cccc(C(F)(F)F)c1. The Morgan fingerprint density at radius 3 is 2.50 bits per heavy atom. The summed E-state index contributed by atoms with van der Waals surface area (Å²) in [6.45, 7) is 0. The smallest absolute Gasteiger partial charge is 0.399 e. The van der Waals surface area contributed by atoms with Gasteiger partial charge < -0.3 is 4.84 Å². The van der Waals surface area contributed by atoms with Crippen LogP contribution in [0.3, 0.4) is 0 Å². The molecule has 0 aromatic heterocycles. The fraction of sp³-hybridized carbons (Fsp3) is 0.133. The monoisotopic (exact) mass is 279 g/mol. The molecular formula is C15H12F3NO. The van der Waals surface area contributed by atoms with Crippen molar-refractivity contribution in [3.63, 3.8) is 0 Å². The molecule has 2 aromatic carbocycles. The third-order valence-corrected chi connectivity index (χ3v) is 2.76. The van der Waals surface area contributed by atoms with Gasteiger partial charge in [-0.15, -0.1) is 0 Å². The van der Waals surface area contributed by atoms with E-state index >= 15 is 0 Å². The second-order valence-electron chi connectivity index (χ2n) is 4.08. The van der Waals surface area contributed by atoms with E-state index in [1.807, 2.05) is 0 Å². The molecule has 0 radical (unpaired) electrons.